The molecule has 0 atom stereocenters. The summed E-state index contributed by atoms with van der Waals surface area (Å²) < 4.78 is 5.31. The van der Waals surface area contributed by atoms with Crippen molar-refractivity contribution in [1.29, 1.82) is 0 Å². The molecule has 94 valence electrons. The summed E-state index contributed by atoms with van der Waals surface area (Å²) in [4.78, 5) is 4.05. The van der Waals surface area contributed by atoms with Crippen molar-refractivity contribution in [2.45, 2.75) is 6.92 Å². The summed E-state index contributed by atoms with van der Waals surface area (Å²) in [5.74, 6) is 6.72. The maximum atomic E-state index is 5.33. The Morgan fingerprint density at radius 3 is 2.78 bits per heavy atom. The van der Waals surface area contributed by atoms with Crippen LogP contribution in [0.15, 0.2) is 36.5 Å². The number of nitrogen functional groups attached to an aromatic ring is 1. The zero-order valence-corrected chi connectivity index (χ0v) is 10.4. The van der Waals surface area contributed by atoms with Crippen LogP contribution < -0.4 is 21.3 Å². The summed E-state index contributed by atoms with van der Waals surface area (Å²) in [6.07, 6.45) is 1.68. The van der Waals surface area contributed by atoms with Gasteiger partial charge in [-0.05, 0) is 30.7 Å². The van der Waals surface area contributed by atoms with Gasteiger partial charge in [0.05, 0.1) is 12.8 Å². The fraction of sp³-hybridized carbons (Fsp3) is 0.154. The minimum absolute atomic E-state index is 0.603. The number of ether oxygens (including phenoxy) is 1. The van der Waals surface area contributed by atoms with Gasteiger partial charge in [0.2, 0.25) is 0 Å². The van der Waals surface area contributed by atoms with Gasteiger partial charge in [0, 0.05) is 18.0 Å². The van der Waals surface area contributed by atoms with E-state index in [0.29, 0.717) is 5.82 Å². The van der Waals surface area contributed by atoms with Crippen molar-refractivity contribution in [2.75, 3.05) is 17.9 Å². The molecule has 1 aromatic heterocycles. The Bertz CT molecular complexity index is 542. The molecule has 0 aliphatic rings. The van der Waals surface area contributed by atoms with Gasteiger partial charge in [-0.1, -0.05) is 6.07 Å². The lowest BCUT2D eigenvalue weighted by molar-refractivity contribution is 0.416. The summed E-state index contributed by atoms with van der Waals surface area (Å²) in [6.45, 7) is 2.03. The van der Waals surface area contributed by atoms with Gasteiger partial charge in [-0.2, -0.15) is 0 Å². The molecule has 0 bridgehead atoms. The van der Waals surface area contributed by atoms with Crippen molar-refractivity contribution in [3.05, 3.63) is 42.1 Å². The topological polar surface area (TPSA) is 72.2 Å². The van der Waals surface area contributed by atoms with Crippen LogP contribution >= 0.6 is 0 Å². The molecule has 1 heterocycles. The SMILES string of the molecule is COc1ccc(C)cc1Nc1ccnc(NN)c1. The summed E-state index contributed by atoms with van der Waals surface area (Å²) in [5, 5.41) is 3.28. The van der Waals surface area contributed by atoms with Crippen LogP contribution in [-0.4, -0.2) is 12.1 Å². The zero-order valence-electron chi connectivity index (χ0n) is 10.4. The summed E-state index contributed by atoms with van der Waals surface area (Å²) >= 11 is 0. The highest BCUT2D eigenvalue weighted by atomic mass is 16.5. The van der Waals surface area contributed by atoms with Crippen LogP contribution in [0.2, 0.25) is 0 Å². The van der Waals surface area contributed by atoms with Gasteiger partial charge >= 0.3 is 0 Å². The first-order chi connectivity index (χ1) is 8.72. The molecule has 2 rings (SSSR count). The van der Waals surface area contributed by atoms with Crippen LogP contribution in [0.5, 0.6) is 5.75 Å². The van der Waals surface area contributed by atoms with Crippen LogP contribution in [0.4, 0.5) is 17.2 Å². The summed E-state index contributed by atoms with van der Waals surface area (Å²) in [7, 11) is 1.65. The molecule has 5 nitrogen and oxygen atoms in total. The smallest absolute Gasteiger partial charge is 0.142 e. The van der Waals surface area contributed by atoms with Crippen molar-refractivity contribution in [3.63, 3.8) is 0 Å². The minimum Gasteiger partial charge on any atom is -0.495 e. The molecule has 0 spiro atoms. The third-order valence-electron chi connectivity index (χ3n) is 2.54. The van der Waals surface area contributed by atoms with E-state index in [4.69, 9.17) is 10.6 Å². The fourth-order valence-electron chi connectivity index (χ4n) is 1.66. The third-order valence-corrected chi connectivity index (χ3v) is 2.54. The molecule has 0 saturated heterocycles. The molecule has 0 unspecified atom stereocenters. The molecule has 0 aliphatic carbocycles. The number of nitrogens with one attached hydrogen (secondary N) is 2. The first-order valence-corrected chi connectivity index (χ1v) is 5.57. The van der Waals surface area contributed by atoms with Gasteiger partial charge < -0.3 is 15.5 Å². The number of rotatable bonds is 4. The number of methoxy groups -OCH3 is 1. The fourth-order valence-corrected chi connectivity index (χ4v) is 1.66. The van der Waals surface area contributed by atoms with Gasteiger partial charge in [-0.3, -0.25) is 0 Å². The number of nitrogens with two attached hydrogens (primary N) is 1. The Morgan fingerprint density at radius 1 is 1.22 bits per heavy atom. The molecule has 1 aromatic carbocycles. The van der Waals surface area contributed by atoms with Gasteiger partial charge in [0.1, 0.15) is 11.6 Å². The van der Waals surface area contributed by atoms with E-state index in [2.05, 4.69) is 15.7 Å². The van der Waals surface area contributed by atoms with Crippen molar-refractivity contribution >= 4 is 17.2 Å². The van der Waals surface area contributed by atoms with E-state index in [0.717, 1.165) is 22.7 Å². The Kier molecular flexibility index (Phi) is 3.64. The summed E-state index contributed by atoms with van der Waals surface area (Å²) in [5.41, 5.74) is 5.47. The largest absolute Gasteiger partial charge is 0.495 e. The number of nitrogens with zero attached hydrogens (tertiary/aromatic N) is 1. The van der Waals surface area contributed by atoms with Crippen molar-refractivity contribution in [1.82, 2.24) is 4.98 Å². The first kappa shape index (κ1) is 12.2. The number of hydrogen-bond acceptors (Lipinski definition) is 5. The number of anilines is 3. The molecule has 4 N–H and O–H groups in total. The molecular formula is C13H16N4O. The van der Waals surface area contributed by atoms with E-state index in [1.54, 1.807) is 13.3 Å². The number of pyridine rings is 1. The van der Waals surface area contributed by atoms with E-state index in [1.807, 2.05) is 37.3 Å². The van der Waals surface area contributed by atoms with E-state index >= 15 is 0 Å². The van der Waals surface area contributed by atoms with E-state index in [-0.39, 0.29) is 0 Å². The van der Waals surface area contributed by atoms with Crippen molar-refractivity contribution in [3.8, 4) is 5.75 Å². The maximum absolute atomic E-state index is 5.33. The Hall–Kier alpha value is -2.27. The maximum Gasteiger partial charge on any atom is 0.142 e. The Labute approximate surface area is 106 Å². The predicted molar refractivity (Wildman–Crippen MR) is 73.1 cm³/mol. The van der Waals surface area contributed by atoms with Gasteiger partial charge in [-0.25, -0.2) is 10.8 Å². The molecule has 18 heavy (non-hydrogen) atoms. The first-order valence-electron chi connectivity index (χ1n) is 5.57. The number of hydrazine groups is 1. The van der Waals surface area contributed by atoms with Crippen molar-refractivity contribution < 1.29 is 4.74 Å². The lowest BCUT2D eigenvalue weighted by Gasteiger charge is -2.12. The number of hydrogen-bond donors (Lipinski definition) is 3. The highest BCUT2D eigenvalue weighted by Crippen LogP contribution is 2.28. The van der Waals surface area contributed by atoms with Crippen LogP contribution in [0.1, 0.15) is 5.56 Å². The lowest BCUT2D eigenvalue weighted by atomic mass is 10.2. The van der Waals surface area contributed by atoms with E-state index in [9.17, 15) is 0 Å². The average Bonchev–Trinajstić information content (AvgIpc) is 2.39. The molecule has 0 saturated carbocycles. The van der Waals surface area contributed by atoms with Crippen LogP contribution in [0.3, 0.4) is 0 Å². The van der Waals surface area contributed by atoms with Crippen LogP contribution in [0, 0.1) is 6.92 Å². The normalized spacial score (nSPS) is 9.94. The molecule has 0 radical (unpaired) electrons. The predicted octanol–water partition coefficient (Wildman–Crippen LogP) is 2.43. The highest BCUT2D eigenvalue weighted by Gasteiger charge is 2.04. The van der Waals surface area contributed by atoms with E-state index in [1.165, 1.54) is 0 Å². The van der Waals surface area contributed by atoms with Gasteiger partial charge in [-0.15, -0.1) is 0 Å². The van der Waals surface area contributed by atoms with Gasteiger partial charge in [0.15, 0.2) is 0 Å². The second-order valence-corrected chi connectivity index (χ2v) is 3.90. The second kappa shape index (κ2) is 5.37. The van der Waals surface area contributed by atoms with Crippen LogP contribution in [0.25, 0.3) is 0 Å². The molecular weight excluding hydrogens is 228 g/mol. The zero-order chi connectivity index (χ0) is 13.0. The number of aryl methyl sites for hydroxylation is 1. The number of aromatic nitrogens is 1. The quantitative estimate of drug-likeness (QED) is 0.569. The standard InChI is InChI=1S/C13H16N4O/c1-9-3-4-12(18-2)11(7-9)16-10-5-6-15-13(8-10)17-14/h3-8H,14H2,1-2H3,(H2,15,16,17). The molecule has 0 fully saturated rings. The molecule has 0 amide bonds. The Morgan fingerprint density at radius 2 is 2.06 bits per heavy atom. The monoisotopic (exact) mass is 244 g/mol. The summed E-state index contributed by atoms with van der Waals surface area (Å²) in [6, 6.07) is 9.64. The van der Waals surface area contributed by atoms with Gasteiger partial charge in [0.25, 0.3) is 0 Å². The van der Waals surface area contributed by atoms with E-state index < -0.39 is 0 Å². The lowest BCUT2D eigenvalue weighted by Crippen LogP contribution is -2.08. The number of benzene rings is 1. The van der Waals surface area contributed by atoms with Crippen molar-refractivity contribution in [2.24, 2.45) is 5.84 Å². The Balaban J connectivity index is 2.29. The molecule has 5 heteroatoms. The highest BCUT2D eigenvalue weighted by molar-refractivity contribution is 5.68. The van der Waals surface area contributed by atoms with Crippen LogP contribution in [-0.2, 0) is 0 Å². The minimum atomic E-state index is 0.603. The molecule has 0 aliphatic heterocycles. The third kappa shape index (κ3) is 2.70. The average molecular weight is 244 g/mol. The second-order valence-electron chi connectivity index (χ2n) is 3.90. The molecule has 2 aromatic rings.